The van der Waals surface area contributed by atoms with E-state index >= 15 is 0 Å². The molecule has 0 aromatic rings. The van der Waals surface area contributed by atoms with Crippen LogP contribution in [-0.4, -0.2) is 15.7 Å². The molecule has 0 aliphatic rings. The monoisotopic (exact) mass is 218 g/mol. The summed E-state index contributed by atoms with van der Waals surface area (Å²) in [5.41, 5.74) is -0.0831. The van der Waals surface area contributed by atoms with Crippen molar-refractivity contribution in [2.75, 3.05) is 0 Å². The van der Waals surface area contributed by atoms with E-state index in [2.05, 4.69) is 41.5 Å². The average Bonchev–Trinajstić information content (AvgIpc) is 2.10. The van der Waals surface area contributed by atoms with E-state index in [0.717, 1.165) is 6.42 Å². The molecule has 2 heteroatoms. The van der Waals surface area contributed by atoms with E-state index in [4.69, 9.17) is 15.7 Å². The fraction of sp³-hybridized carbons (Fsp3) is 1.00. The van der Waals surface area contributed by atoms with Crippen molar-refractivity contribution in [1.29, 1.82) is 0 Å². The van der Waals surface area contributed by atoms with Crippen LogP contribution in [0.5, 0.6) is 0 Å². The lowest BCUT2D eigenvalue weighted by atomic mass is 9.34. The second-order valence-corrected chi connectivity index (χ2v) is 6.81. The van der Waals surface area contributed by atoms with Crippen molar-refractivity contribution < 1.29 is 0 Å². The van der Waals surface area contributed by atoms with Gasteiger partial charge in [0.05, 0.1) is 15.7 Å². The lowest BCUT2D eigenvalue weighted by Crippen LogP contribution is -2.42. The Morgan fingerprint density at radius 1 is 0.812 bits per heavy atom. The summed E-state index contributed by atoms with van der Waals surface area (Å²) in [6.07, 6.45) is 6.22. The van der Waals surface area contributed by atoms with Crippen LogP contribution in [0.25, 0.3) is 0 Å². The highest BCUT2D eigenvalue weighted by molar-refractivity contribution is 6.41. The lowest BCUT2D eigenvalue weighted by Gasteiger charge is -2.52. The maximum Gasteiger partial charge on any atom is 0.0634 e. The number of hydrogen-bond donors (Lipinski definition) is 0. The van der Waals surface area contributed by atoms with Crippen molar-refractivity contribution >= 4 is 15.7 Å². The predicted molar refractivity (Wildman–Crippen MR) is 76.2 cm³/mol. The van der Waals surface area contributed by atoms with E-state index in [1.807, 2.05) is 0 Å². The molecule has 0 bridgehead atoms. The molecule has 0 saturated carbocycles. The molecule has 0 saturated heterocycles. The van der Waals surface area contributed by atoms with Crippen molar-refractivity contribution in [1.82, 2.24) is 0 Å². The van der Waals surface area contributed by atoms with Crippen LogP contribution in [0.1, 0.15) is 73.6 Å². The second-order valence-electron chi connectivity index (χ2n) is 6.81. The van der Waals surface area contributed by atoms with Crippen LogP contribution in [0, 0.1) is 10.8 Å². The molecule has 0 heterocycles. The van der Waals surface area contributed by atoms with Crippen LogP contribution in [-0.2, 0) is 0 Å². The van der Waals surface area contributed by atoms with Gasteiger partial charge in [-0.2, -0.15) is 0 Å². The quantitative estimate of drug-likeness (QED) is 0.455. The molecular weight excluding hydrogens is 190 g/mol. The summed E-state index contributed by atoms with van der Waals surface area (Å²) in [6, 6.07) is 0. The van der Waals surface area contributed by atoms with Gasteiger partial charge < -0.3 is 0 Å². The maximum absolute atomic E-state index is 6.36. The Kier molecular flexibility index (Phi) is 5.69. The highest BCUT2D eigenvalue weighted by Gasteiger charge is 2.43. The van der Waals surface area contributed by atoms with Crippen LogP contribution in [0.4, 0.5) is 0 Å². The molecule has 0 aromatic carbocycles. The van der Waals surface area contributed by atoms with Crippen LogP contribution in [0.15, 0.2) is 0 Å². The third-order valence-electron chi connectivity index (χ3n) is 4.02. The summed E-state index contributed by atoms with van der Waals surface area (Å²) in [6.45, 7) is 13.0. The molecule has 0 aliphatic heterocycles. The van der Waals surface area contributed by atoms with Crippen molar-refractivity contribution in [3.8, 4) is 0 Å². The zero-order valence-corrected chi connectivity index (χ0v) is 12.2. The molecule has 16 heavy (non-hydrogen) atoms. The normalized spacial score (nSPS) is 14.1. The first-order chi connectivity index (χ1) is 7.06. The second kappa shape index (κ2) is 5.65. The van der Waals surface area contributed by atoms with E-state index < -0.39 is 5.21 Å². The van der Waals surface area contributed by atoms with Gasteiger partial charge in [-0.05, 0) is 17.3 Å². The summed E-state index contributed by atoms with van der Waals surface area (Å²) in [5.74, 6) is 0. The van der Waals surface area contributed by atoms with Crippen molar-refractivity contribution in [2.24, 2.45) is 10.8 Å². The highest BCUT2D eigenvalue weighted by Crippen LogP contribution is 2.54. The molecular formula is C14H28B2. The number of rotatable bonds is 6. The molecule has 4 radical (unpaired) electrons. The first kappa shape index (κ1) is 16.1. The molecule has 90 valence electrons. The van der Waals surface area contributed by atoms with Gasteiger partial charge in [0.25, 0.3) is 0 Å². The zero-order chi connectivity index (χ0) is 13.0. The minimum Gasteiger partial charge on any atom is -0.0894 e. The van der Waals surface area contributed by atoms with Crippen molar-refractivity contribution in [2.45, 2.75) is 78.9 Å². The van der Waals surface area contributed by atoms with E-state index in [1.165, 1.54) is 25.7 Å². The molecule has 0 atom stereocenters. The van der Waals surface area contributed by atoms with Gasteiger partial charge >= 0.3 is 0 Å². The van der Waals surface area contributed by atoms with Gasteiger partial charge in [0.1, 0.15) is 0 Å². The van der Waals surface area contributed by atoms with Gasteiger partial charge in [0.15, 0.2) is 0 Å². The van der Waals surface area contributed by atoms with Gasteiger partial charge in [-0.15, -0.1) is 0 Å². The largest absolute Gasteiger partial charge is 0.0894 e. The third kappa shape index (κ3) is 3.86. The molecule has 0 fully saturated rings. The Bertz CT molecular complexity index is 199. The number of hydrogen-bond acceptors (Lipinski definition) is 0. The van der Waals surface area contributed by atoms with E-state index in [1.54, 1.807) is 0 Å². The summed E-state index contributed by atoms with van der Waals surface area (Å²) in [7, 11) is 12.7. The molecule has 0 nitrogen and oxygen atoms in total. The Morgan fingerprint density at radius 2 is 1.31 bits per heavy atom. The summed E-state index contributed by atoms with van der Waals surface area (Å²) >= 11 is 0. The van der Waals surface area contributed by atoms with E-state index in [9.17, 15) is 0 Å². The molecule has 0 unspecified atom stereocenters. The summed E-state index contributed by atoms with van der Waals surface area (Å²) < 4.78 is 0. The smallest absolute Gasteiger partial charge is 0.0634 e. The predicted octanol–water partition coefficient (Wildman–Crippen LogP) is 4.48. The summed E-state index contributed by atoms with van der Waals surface area (Å²) in [4.78, 5) is 0. The van der Waals surface area contributed by atoms with Crippen LogP contribution in [0.3, 0.4) is 0 Å². The van der Waals surface area contributed by atoms with E-state index in [0.29, 0.717) is 0 Å². The number of unbranched alkanes of at least 4 members (excludes halogenated alkanes) is 3. The zero-order valence-electron chi connectivity index (χ0n) is 12.2. The molecule has 0 aromatic heterocycles. The van der Waals surface area contributed by atoms with Gasteiger partial charge in [-0.3, -0.25) is 0 Å². The minimum atomic E-state index is -0.619. The van der Waals surface area contributed by atoms with Gasteiger partial charge in [-0.25, -0.2) is 0 Å². The Balaban J connectivity index is 4.41. The summed E-state index contributed by atoms with van der Waals surface area (Å²) in [5, 5.41) is -0.619. The fourth-order valence-electron chi connectivity index (χ4n) is 2.22. The Hall–Kier alpha value is 0.130. The van der Waals surface area contributed by atoms with Gasteiger partial charge in [0, 0.05) is 0 Å². The Morgan fingerprint density at radius 3 is 1.69 bits per heavy atom. The molecule has 0 spiro atoms. The fourth-order valence-corrected chi connectivity index (χ4v) is 2.22. The van der Waals surface area contributed by atoms with Crippen LogP contribution in [0.2, 0.25) is 5.21 Å². The maximum atomic E-state index is 6.36. The third-order valence-corrected chi connectivity index (χ3v) is 4.02. The standard InChI is InChI=1S/C14H28B2/c1-7-8-9-10-11-13(5,6)14(15,16)12(2,3)4/h7-11H2,1-6H3. The first-order valence-corrected chi connectivity index (χ1v) is 6.64. The SMILES string of the molecule is [B]C([B])(C(C)(C)C)C(C)(C)CCCCCC. The first-order valence-electron chi connectivity index (χ1n) is 6.64. The van der Waals surface area contributed by atoms with Crippen molar-refractivity contribution in [3.05, 3.63) is 0 Å². The molecule has 0 N–H and O–H groups in total. The highest BCUT2D eigenvalue weighted by atomic mass is 14.4. The Labute approximate surface area is 106 Å². The minimum absolute atomic E-state index is 0.0149. The molecule has 0 rings (SSSR count). The van der Waals surface area contributed by atoms with Gasteiger partial charge in [-0.1, -0.05) is 72.4 Å². The topological polar surface area (TPSA) is 0 Å². The average molecular weight is 218 g/mol. The van der Waals surface area contributed by atoms with Crippen LogP contribution < -0.4 is 0 Å². The lowest BCUT2D eigenvalue weighted by molar-refractivity contribution is 0.162. The van der Waals surface area contributed by atoms with Crippen molar-refractivity contribution in [3.63, 3.8) is 0 Å². The molecule has 0 aliphatic carbocycles. The van der Waals surface area contributed by atoms with Gasteiger partial charge in [0.2, 0.25) is 0 Å². The van der Waals surface area contributed by atoms with Crippen LogP contribution >= 0.6 is 0 Å². The van der Waals surface area contributed by atoms with E-state index in [-0.39, 0.29) is 10.8 Å². The molecule has 0 amide bonds.